The maximum Gasteiger partial charge on any atom is 0.514 e. The predicted molar refractivity (Wildman–Crippen MR) is 179 cm³/mol. The van der Waals surface area contributed by atoms with Crippen molar-refractivity contribution in [1.29, 1.82) is 0 Å². The van der Waals surface area contributed by atoms with Gasteiger partial charge in [0.1, 0.15) is 6.10 Å². The van der Waals surface area contributed by atoms with Gasteiger partial charge in [0.2, 0.25) is 0 Å². The number of hydrogen-bond donors (Lipinski definition) is 1. The van der Waals surface area contributed by atoms with Crippen LogP contribution in [0.3, 0.4) is 0 Å². The Bertz CT molecular complexity index is 1520. The third-order valence-electron chi connectivity index (χ3n) is 10.8. The third-order valence-corrected chi connectivity index (χ3v) is 10.8. The summed E-state index contributed by atoms with van der Waals surface area (Å²) in [5, 5.41) is 12.2. The number of carbonyl (C=O) groups is 2. The van der Waals surface area contributed by atoms with Gasteiger partial charge in [0.15, 0.2) is 23.4 Å². The van der Waals surface area contributed by atoms with Gasteiger partial charge in [-0.2, -0.15) is 0 Å². The lowest BCUT2D eigenvalue weighted by Crippen LogP contribution is -2.76. The quantitative estimate of drug-likeness (QED) is 0.158. The van der Waals surface area contributed by atoms with E-state index in [1.807, 2.05) is 45.2 Å². The highest BCUT2D eigenvalue weighted by Gasteiger charge is 2.72. The lowest BCUT2D eigenvalue weighted by Gasteiger charge is -2.61. The first-order valence-electron chi connectivity index (χ1n) is 16.8. The molecule has 2 fully saturated rings. The fourth-order valence-electron chi connectivity index (χ4n) is 8.40. The maximum absolute atomic E-state index is 13.4. The van der Waals surface area contributed by atoms with Crippen LogP contribution in [0.25, 0.3) is 0 Å². The van der Waals surface area contributed by atoms with Crippen LogP contribution in [0, 0.1) is 5.92 Å². The van der Waals surface area contributed by atoms with E-state index in [-0.39, 0.29) is 36.0 Å². The van der Waals surface area contributed by atoms with Gasteiger partial charge in [0.25, 0.3) is 0 Å². The first-order valence-corrected chi connectivity index (χ1v) is 16.8. The number of nitrogens with zero attached hydrogens (tertiary/aromatic N) is 1. The number of piperidine rings is 1. The number of carbonyl (C=O) groups excluding carboxylic acids is 2. The molecule has 3 aliphatic carbocycles. The molecule has 1 aromatic carbocycles. The van der Waals surface area contributed by atoms with Crippen molar-refractivity contribution in [1.82, 2.24) is 4.90 Å². The van der Waals surface area contributed by atoms with Crippen LogP contribution in [0.4, 0.5) is 4.79 Å². The minimum absolute atomic E-state index is 0.000949. The number of aliphatic hydroxyl groups is 1. The summed E-state index contributed by atoms with van der Waals surface area (Å²) in [6.45, 7) is 8.71. The Balaban J connectivity index is 1.20. The second-order valence-corrected chi connectivity index (χ2v) is 13.7. The SMILES string of the molecule is C=C(C)C=CC(=CC)CCCC(CCC1C=CC=CC=C1)OC(=O)Oc1ccc2c3c1OC1C(=O)CCC4(O)C(C2)N(C)CCC314. The summed E-state index contributed by atoms with van der Waals surface area (Å²) in [7, 11) is 2.05. The fraction of sp³-hybridized carbons (Fsp3) is 0.487. The van der Waals surface area contributed by atoms with Crippen molar-refractivity contribution < 1.29 is 28.9 Å². The number of allylic oxidation sites excluding steroid dienone is 11. The summed E-state index contributed by atoms with van der Waals surface area (Å²) in [5.41, 5.74) is 2.20. The first-order chi connectivity index (χ1) is 22.2. The lowest BCUT2D eigenvalue weighted by atomic mass is 9.49. The molecule has 7 heteroatoms. The summed E-state index contributed by atoms with van der Waals surface area (Å²) in [6.07, 6.45) is 22.7. The number of rotatable bonds is 11. The summed E-state index contributed by atoms with van der Waals surface area (Å²) >= 11 is 0. The Morgan fingerprint density at radius 3 is 2.70 bits per heavy atom. The molecular weight excluding hydrogens is 578 g/mol. The van der Waals surface area contributed by atoms with E-state index in [4.69, 9.17) is 14.2 Å². The van der Waals surface area contributed by atoms with Gasteiger partial charge in [0.05, 0.1) is 11.0 Å². The van der Waals surface area contributed by atoms with Crippen LogP contribution in [0.15, 0.2) is 84.5 Å². The molecule has 0 radical (unpaired) electrons. The number of ether oxygens (including phenoxy) is 3. The van der Waals surface area contributed by atoms with E-state index in [0.717, 1.165) is 42.5 Å². The van der Waals surface area contributed by atoms with E-state index in [0.29, 0.717) is 37.9 Å². The molecule has 2 aliphatic heterocycles. The number of benzene rings is 1. The maximum atomic E-state index is 13.4. The average molecular weight is 626 g/mol. The molecule has 1 saturated carbocycles. The summed E-state index contributed by atoms with van der Waals surface area (Å²) in [4.78, 5) is 28.9. The Hall–Kier alpha value is -3.68. The van der Waals surface area contributed by atoms with Crippen molar-refractivity contribution in [3.05, 3.63) is 95.7 Å². The van der Waals surface area contributed by atoms with Crippen LogP contribution >= 0.6 is 0 Å². The molecule has 2 bridgehead atoms. The van der Waals surface area contributed by atoms with Gasteiger partial charge >= 0.3 is 6.16 Å². The molecule has 5 unspecified atom stereocenters. The van der Waals surface area contributed by atoms with Crippen LogP contribution in [-0.2, 0) is 21.4 Å². The van der Waals surface area contributed by atoms with Crippen molar-refractivity contribution in [3.8, 4) is 11.5 Å². The standard InChI is InChI=1S/C39H47NO6/c1-5-27(16-15-26(2)3)13-10-14-30(19-17-28-11-8-6-7-9-12-28)44-37(42)45-32-20-18-29-25-33-39(43)22-21-31(41)36-38(39,23-24-40(33)4)34(29)35(32)46-36/h5-9,11-12,15-16,18,20,28,30,33,36,43H,2,10,13-14,17,19,21-25H2,1,3-4H3. The Labute approximate surface area is 273 Å². The molecule has 0 amide bonds. The van der Waals surface area contributed by atoms with Crippen molar-refractivity contribution >= 4 is 11.9 Å². The zero-order valence-corrected chi connectivity index (χ0v) is 27.4. The van der Waals surface area contributed by atoms with Crippen LogP contribution in [0.5, 0.6) is 11.5 Å². The van der Waals surface area contributed by atoms with E-state index in [1.165, 1.54) is 5.57 Å². The largest absolute Gasteiger partial charge is 0.514 e. The minimum atomic E-state index is -1.08. The molecule has 244 valence electrons. The molecule has 2 heterocycles. The fourth-order valence-corrected chi connectivity index (χ4v) is 8.40. The predicted octanol–water partition coefficient (Wildman–Crippen LogP) is 7.25. The number of Topliss-reactive ketones (excluding diaryl/α,β-unsaturated/α-hetero) is 1. The first kappa shape index (κ1) is 32.3. The molecule has 1 spiro atoms. The van der Waals surface area contributed by atoms with Crippen molar-refractivity contribution in [2.24, 2.45) is 5.92 Å². The zero-order chi connectivity index (χ0) is 32.5. The van der Waals surface area contributed by atoms with E-state index in [1.54, 1.807) is 6.07 Å². The molecule has 0 aromatic heterocycles. The second-order valence-electron chi connectivity index (χ2n) is 13.7. The highest BCUT2D eigenvalue weighted by molar-refractivity contribution is 5.90. The molecule has 1 N–H and O–H groups in total. The van der Waals surface area contributed by atoms with E-state index in [2.05, 4.69) is 47.9 Å². The number of likely N-dealkylation sites (tertiary alicyclic amines) is 1. The molecule has 1 aromatic rings. The molecule has 6 rings (SSSR count). The topological polar surface area (TPSA) is 85.3 Å². The van der Waals surface area contributed by atoms with E-state index >= 15 is 0 Å². The molecular formula is C39H47NO6. The van der Waals surface area contributed by atoms with E-state index in [9.17, 15) is 14.7 Å². The molecule has 1 saturated heterocycles. The number of ketones is 1. The number of likely N-dealkylation sites (N-methyl/N-ethyl adjacent to an activating group) is 1. The third kappa shape index (κ3) is 5.84. The average Bonchev–Trinajstić information content (AvgIpc) is 3.18. The van der Waals surface area contributed by atoms with Gasteiger partial charge < -0.3 is 24.2 Å². The summed E-state index contributed by atoms with van der Waals surface area (Å²) in [5.74, 6) is 0.923. The minimum Gasteiger partial charge on any atom is -0.477 e. The molecule has 7 nitrogen and oxygen atoms in total. The van der Waals surface area contributed by atoms with Gasteiger partial charge in [-0.05, 0) is 96.4 Å². The van der Waals surface area contributed by atoms with Gasteiger partial charge in [-0.15, -0.1) is 0 Å². The highest BCUT2D eigenvalue weighted by Crippen LogP contribution is 2.64. The van der Waals surface area contributed by atoms with Crippen molar-refractivity contribution in [3.63, 3.8) is 0 Å². The monoisotopic (exact) mass is 625 g/mol. The smallest absolute Gasteiger partial charge is 0.477 e. The number of hydrogen-bond acceptors (Lipinski definition) is 7. The zero-order valence-electron chi connectivity index (χ0n) is 27.4. The Morgan fingerprint density at radius 1 is 1.17 bits per heavy atom. The normalized spacial score (nSPS) is 29.0. The van der Waals surface area contributed by atoms with Crippen LogP contribution in [0.2, 0.25) is 0 Å². The lowest BCUT2D eigenvalue weighted by molar-refractivity contribution is -0.185. The van der Waals surface area contributed by atoms with Crippen LogP contribution in [-0.4, -0.2) is 59.4 Å². The van der Waals surface area contributed by atoms with Gasteiger partial charge in [-0.25, -0.2) is 4.79 Å². The van der Waals surface area contributed by atoms with Crippen molar-refractivity contribution in [2.45, 2.75) is 101 Å². The second kappa shape index (κ2) is 13.2. The van der Waals surface area contributed by atoms with Crippen LogP contribution in [0.1, 0.15) is 76.3 Å². The van der Waals surface area contributed by atoms with Gasteiger partial charge in [0, 0.05) is 18.0 Å². The van der Waals surface area contributed by atoms with Gasteiger partial charge in [-0.1, -0.05) is 78.5 Å². The Kier molecular flexibility index (Phi) is 9.26. The van der Waals surface area contributed by atoms with E-state index < -0.39 is 23.3 Å². The Morgan fingerprint density at radius 2 is 1.96 bits per heavy atom. The molecule has 46 heavy (non-hydrogen) atoms. The summed E-state index contributed by atoms with van der Waals surface area (Å²) < 4.78 is 18.3. The van der Waals surface area contributed by atoms with Gasteiger partial charge in [-0.3, -0.25) is 4.79 Å². The summed E-state index contributed by atoms with van der Waals surface area (Å²) in [6, 6.07) is 3.63. The molecule has 5 aliphatic rings. The van der Waals surface area contributed by atoms with Crippen molar-refractivity contribution in [2.75, 3.05) is 13.6 Å². The van der Waals surface area contributed by atoms with Crippen LogP contribution < -0.4 is 9.47 Å². The molecule has 5 atom stereocenters. The highest BCUT2D eigenvalue weighted by atomic mass is 16.7.